The lowest BCUT2D eigenvalue weighted by atomic mass is 10.4. The van der Waals surface area contributed by atoms with E-state index in [2.05, 4.69) is 0 Å². The number of carbonyl (C=O) groups excluding carboxylic acids is 1. The summed E-state index contributed by atoms with van der Waals surface area (Å²) >= 11 is 0.767. The van der Waals surface area contributed by atoms with Crippen LogP contribution in [-0.2, 0) is 14.6 Å². The Morgan fingerprint density at radius 1 is 1.27 bits per heavy atom. The molecule has 0 saturated heterocycles. The van der Waals surface area contributed by atoms with E-state index in [1.807, 2.05) is 0 Å². The van der Waals surface area contributed by atoms with E-state index in [0.717, 1.165) is 36.3 Å². The second-order valence-electron chi connectivity index (χ2n) is 4.98. The van der Waals surface area contributed by atoms with Gasteiger partial charge in [-0.1, -0.05) is 6.07 Å². The predicted molar refractivity (Wildman–Crippen MR) is 78.2 cm³/mol. The van der Waals surface area contributed by atoms with Gasteiger partial charge < -0.3 is 0 Å². The molecule has 5 nitrogen and oxygen atoms in total. The molecule has 1 aromatic heterocycles. The third-order valence-corrected chi connectivity index (χ3v) is 6.59. The molecule has 1 fully saturated rings. The molecule has 1 aromatic carbocycles. The van der Waals surface area contributed by atoms with Crippen molar-refractivity contribution in [2.75, 3.05) is 5.06 Å². The normalized spacial score (nSPS) is 14.8. The van der Waals surface area contributed by atoms with Gasteiger partial charge in [-0.2, -0.15) is 5.06 Å². The second kappa shape index (κ2) is 5.45. The Hall–Kier alpha value is -1.77. The summed E-state index contributed by atoms with van der Waals surface area (Å²) in [7, 11) is -3.88. The molecule has 2 aromatic rings. The molecule has 1 amide bonds. The van der Waals surface area contributed by atoms with Crippen molar-refractivity contribution in [2.24, 2.45) is 5.92 Å². The molecular weight excluding hydrogens is 329 g/mol. The van der Waals surface area contributed by atoms with Crippen LogP contribution in [0.15, 0.2) is 45.5 Å². The molecule has 1 aliphatic rings. The fourth-order valence-corrected chi connectivity index (χ4v) is 4.57. The van der Waals surface area contributed by atoms with Crippen LogP contribution in [-0.4, -0.2) is 19.5 Å². The van der Waals surface area contributed by atoms with Crippen molar-refractivity contribution in [2.45, 2.75) is 21.9 Å². The van der Waals surface area contributed by atoms with Crippen LogP contribution < -0.4 is 5.06 Å². The van der Waals surface area contributed by atoms with E-state index in [-0.39, 0.29) is 20.0 Å². The van der Waals surface area contributed by atoms with E-state index < -0.39 is 21.6 Å². The molecule has 0 atom stereocenters. The second-order valence-corrected chi connectivity index (χ2v) is 8.22. The highest BCUT2D eigenvalue weighted by molar-refractivity contribution is 7.93. The number of sulfone groups is 1. The lowest BCUT2D eigenvalue weighted by molar-refractivity contribution is -0.124. The van der Waals surface area contributed by atoms with E-state index in [1.54, 1.807) is 0 Å². The van der Waals surface area contributed by atoms with Crippen LogP contribution in [0.2, 0.25) is 0 Å². The van der Waals surface area contributed by atoms with Gasteiger partial charge in [-0.25, -0.2) is 12.8 Å². The maximum Gasteiger partial charge on any atom is 0.254 e. The SMILES string of the molecule is O=C(C1CC1)N(O)c1ccc(S(=O)(=O)c2cccc(F)c2)s1. The van der Waals surface area contributed by atoms with Crippen molar-refractivity contribution in [3.8, 4) is 0 Å². The van der Waals surface area contributed by atoms with E-state index in [9.17, 15) is 22.8 Å². The fraction of sp³-hybridized carbons (Fsp3) is 0.214. The number of hydrogen-bond acceptors (Lipinski definition) is 5. The van der Waals surface area contributed by atoms with Crippen molar-refractivity contribution >= 4 is 32.1 Å². The van der Waals surface area contributed by atoms with E-state index in [0.29, 0.717) is 5.06 Å². The predicted octanol–water partition coefficient (Wildman–Crippen LogP) is 2.85. The monoisotopic (exact) mass is 341 g/mol. The molecule has 116 valence electrons. The summed E-state index contributed by atoms with van der Waals surface area (Å²) in [5, 5.41) is 10.5. The van der Waals surface area contributed by atoms with Gasteiger partial charge in [0.15, 0.2) is 0 Å². The number of anilines is 1. The van der Waals surface area contributed by atoms with Gasteiger partial charge in [0, 0.05) is 5.92 Å². The fourth-order valence-electron chi connectivity index (χ4n) is 1.93. The highest BCUT2D eigenvalue weighted by atomic mass is 32.2. The molecule has 0 radical (unpaired) electrons. The van der Waals surface area contributed by atoms with E-state index in [1.165, 1.54) is 24.3 Å². The number of benzene rings is 1. The average Bonchev–Trinajstić information content (AvgIpc) is 3.22. The number of hydroxylamine groups is 1. The van der Waals surface area contributed by atoms with Crippen molar-refractivity contribution < 1.29 is 22.8 Å². The van der Waals surface area contributed by atoms with Crippen molar-refractivity contribution in [3.63, 3.8) is 0 Å². The third kappa shape index (κ3) is 2.77. The molecular formula is C14H12FNO4S2. The minimum Gasteiger partial charge on any atom is -0.280 e. The Kier molecular flexibility index (Phi) is 3.75. The largest absolute Gasteiger partial charge is 0.280 e. The zero-order valence-corrected chi connectivity index (χ0v) is 12.9. The van der Waals surface area contributed by atoms with Gasteiger partial charge in [-0.05, 0) is 43.2 Å². The van der Waals surface area contributed by atoms with Crippen LogP contribution >= 0.6 is 11.3 Å². The first-order valence-electron chi connectivity index (χ1n) is 6.53. The minimum atomic E-state index is -3.88. The summed E-state index contributed by atoms with van der Waals surface area (Å²) in [4.78, 5) is 11.6. The first-order chi connectivity index (χ1) is 10.4. The lowest BCUT2D eigenvalue weighted by Crippen LogP contribution is -2.27. The molecule has 1 N–H and O–H groups in total. The summed E-state index contributed by atoms with van der Waals surface area (Å²) in [6.45, 7) is 0. The van der Waals surface area contributed by atoms with Gasteiger partial charge in [0.05, 0.1) is 4.90 Å². The number of rotatable bonds is 4. The number of carbonyl (C=O) groups is 1. The van der Waals surface area contributed by atoms with E-state index in [4.69, 9.17) is 0 Å². The van der Waals surface area contributed by atoms with Crippen LogP contribution in [0, 0.1) is 11.7 Å². The highest BCUT2D eigenvalue weighted by Gasteiger charge is 2.34. The van der Waals surface area contributed by atoms with Crippen LogP contribution in [0.25, 0.3) is 0 Å². The minimum absolute atomic E-state index is 0.0595. The Bertz CT molecular complexity index is 827. The Morgan fingerprint density at radius 3 is 2.64 bits per heavy atom. The van der Waals surface area contributed by atoms with Crippen LogP contribution in [0.4, 0.5) is 9.39 Å². The maximum atomic E-state index is 13.2. The third-order valence-electron chi connectivity index (χ3n) is 3.28. The highest BCUT2D eigenvalue weighted by Crippen LogP contribution is 2.36. The molecule has 8 heteroatoms. The Balaban J connectivity index is 1.91. The standard InChI is InChI=1S/C14H12FNO4S2/c15-10-2-1-3-11(8-10)22(19,20)13-7-6-12(21-13)16(18)14(17)9-4-5-9/h1-3,6-9,18H,4-5H2. The molecule has 0 aliphatic heterocycles. The van der Waals surface area contributed by atoms with Gasteiger partial charge in [-0.3, -0.25) is 10.0 Å². The quantitative estimate of drug-likeness (QED) is 0.685. The summed E-state index contributed by atoms with van der Waals surface area (Å²) in [5.41, 5.74) is 0. The number of halogens is 1. The molecule has 1 saturated carbocycles. The van der Waals surface area contributed by atoms with E-state index >= 15 is 0 Å². The maximum absolute atomic E-state index is 13.2. The number of hydrogen-bond donors (Lipinski definition) is 1. The first kappa shape index (κ1) is 15.1. The Morgan fingerprint density at radius 2 is 2.00 bits per heavy atom. The van der Waals surface area contributed by atoms with Crippen molar-refractivity contribution in [1.82, 2.24) is 0 Å². The zero-order chi connectivity index (χ0) is 15.9. The summed E-state index contributed by atoms with van der Waals surface area (Å²) < 4.78 is 37.9. The van der Waals surface area contributed by atoms with Crippen molar-refractivity contribution in [3.05, 3.63) is 42.2 Å². The van der Waals surface area contributed by atoms with Gasteiger partial charge in [-0.15, -0.1) is 11.3 Å². The van der Waals surface area contributed by atoms with Crippen LogP contribution in [0.5, 0.6) is 0 Å². The van der Waals surface area contributed by atoms with Gasteiger partial charge in [0.2, 0.25) is 9.84 Å². The van der Waals surface area contributed by atoms with Crippen LogP contribution in [0.1, 0.15) is 12.8 Å². The molecule has 1 aliphatic carbocycles. The average molecular weight is 341 g/mol. The molecule has 1 heterocycles. The Labute approximate surface area is 130 Å². The smallest absolute Gasteiger partial charge is 0.254 e. The van der Waals surface area contributed by atoms with Gasteiger partial charge in [0.1, 0.15) is 15.0 Å². The van der Waals surface area contributed by atoms with Gasteiger partial charge in [0.25, 0.3) is 5.91 Å². The molecule has 3 rings (SSSR count). The summed E-state index contributed by atoms with van der Waals surface area (Å²) in [5.74, 6) is -1.27. The molecule has 0 spiro atoms. The lowest BCUT2D eigenvalue weighted by Gasteiger charge is -2.11. The summed E-state index contributed by atoms with van der Waals surface area (Å²) in [6.07, 6.45) is 1.46. The molecule has 0 unspecified atom stereocenters. The van der Waals surface area contributed by atoms with Crippen LogP contribution in [0.3, 0.4) is 0 Å². The summed E-state index contributed by atoms with van der Waals surface area (Å²) in [6, 6.07) is 7.35. The van der Waals surface area contributed by atoms with Gasteiger partial charge >= 0.3 is 0 Å². The van der Waals surface area contributed by atoms with Crippen molar-refractivity contribution in [1.29, 1.82) is 0 Å². The zero-order valence-electron chi connectivity index (χ0n) is 11.3. The topological polar surface area (TPSA) is 74.7 Å². The number of amides is 1. The number of nitrogens with zero attached hydrogens (tertiary/aromatic N) is 1. The molecule has 22 heavy (non-hydrogen) atoms. The molecule has 0 bridgehead atoms. The first-order valence-corrected chi connectivity index (χ1v) is 8.83. The number of thiophene rings is 1.